The molecule has 2 N–H and O–H groups in total. The number of rotatable bonds is 1. The van der Waals surface area contributed by atoms with Gasteiger partial charge in [-0.05, 0) is 63.7 Å². The standard InChI is InChI=1S/C11H10Br4N4/c12-5-6(13)8(15)10-9(7(5)14)17-11(18-10)19-3-1-16-2-4-19/h16H,1-4H2,(H,17,18). The number of nitrogens with one attached hydrogen (secondary N) is 2. The molecule has 8 heteroatoms. The third kappa shape index (κ3) is 2.50. The van der Waals surface area contributed by atoms with Crippen LogP contribution in [0, 0.1) is 0 Å². The average molecular weight is 518 g/mol. The van der Waals surface area contributed by atoms with Gasteiger partial charge in [-0.15, -0.1) is 0 Å². The summed E-state index contributed by atoms with van der Waals surface area (Å²) >= 11 is 14.3. The molecule has 0 unspecified atom stereocenters. The zero-order chi connectivity index (χ0) is 13.6. The number of hydrogen-bond acceptors (Lipinski definition) is 3. The van der Waals surface area contributed by atoms with Gasteiger partial charge >= 0.3 is 0 Å². The van der Waals surface area contributed by atoms with Gasteiger partial charge in [-0.1, -0.05) is 0 Å². The molecule has 1 aliphatic rings. The second-order valence-corrected chi connectivity index (χ2v) is 7.45. The number of nitrogens with zero attached hydrogens (tertiary/aromatic N) is 2. The van der Waals surface area contributed by atoms with E-state index in [2.05, 4.69) is 78.9 Å². The molecule has 1 aliphatic heterocycles. The number of piperazine rings is 1. The van der Waals surface area contributed by atoms with Crippen LogP contribution in [-0.2, 0) is 0 Å². The minimum absolute atomic E-state index is 0.919. The fraction of sp³-hybridized carbons (Fsp3) is 0.364. The Balaban J connectivity index is 2.14. The maximum atomic E-state index is 4.71. The van der Waals surface area contributed by atoms with Crippen molar-refractivity contribution < 1.29 is 0 Å². The number of aromatic nitrogens is 2. The zero-order valence-corrected chi connectivity index (χ0v) is 16.1. The number of benzene rings is 1. The Labute approximate surface area is 144 Å². The van der Waals surface area contributed by atoms with Crippen LogP contribution in [0.25, 0.3) is 11.0 Å². The Hall–Kier alpha value is 0.370. The van der Waals surface area contributed by atoms with Gasteiger partial charge in [0.2, 0.25) is 5.95 Å². The van der Waals surface area contributed by atoms with Crippen LogP contribution in [0.2, 0.25) is 0 Å². The van der Waals surface area contributed by atoms with Gasteiger partial charge in [-0.2, -0.15) is 0 Å². The lowest BCUT2D eigenvalue weighted by molar-refractivity contribution is 0.582. The molecule has 1 aromatic heterocycles. The maximum Gasteiger partial charge on any atom is 0.203 e. The van der Waals surface area contributed by atoms with E-state index in [0.29, 0.717) is 0 Å². The monoisotopic (exact) mass is 514 g/mol. The second-order valence-electron chi connectivity index (χ2n) is 4.28. The minimum atomic E-state index is 0.919. The minimum Gasteiger partial charge on any atom is -0.340 e. The summed E-state index contributed by atoms with van der Waals surface area (Å²) < 4.78 is 3.87. The average Bonchev–Trinajstić information content (AvgIpc) is 2.89. The molecule has 2 heterocycles. The molecule has 0 amide bonds. The first-order valence-electron chi connectivity index (χ1n) is 5.77. The van der Waals surface area contributed by atoms with Crippen molar-refractivity contribution in [3.8, 4) is 0 Å². The Morgan fingerprint density at radius 2 is 1.53 bits per heavy atom. The molecule has 3 rings (SSSR count). The number of anilines is 1. The molecule has 0 atom stereocenters. The van der Waals surface area contributed by atoms with Crippen molar-refractivity contribution in [1.82, 2.24) is 15.3 Å². The first kappa shape index (κ1) is 14.3. The van der Waals surface area contributed by atoms with Gasteiger partial charge < -0.3 is 15.2 Å². The van der Waals surface area contributed by atoms with Crippen LogP contribution in [-0.4, -0.2) is 36.1 Å². The normalized spacial score (nSPS) is 16.3. The van der Waals surface area contributed by atoms with Crippen LogP contribution < -0.4 is 10.2 Å². The van der Waals surface area contributed by atoms with Crippen molar-refractivity contribution in [2.24, 2.45) is 0 Å². The zero-order valence-electron chi connectivity index (χ0n) is 9.73. The lowest BCUT2D eigenvalue weighted by Gasteiger charge is -2.26. The predicted octanol–water partition coefficient (Wildman–Crippen LogP) is 4.02. The van der Waals surface area contributed by atoms with E-state index in [4.69, 9.17) is 4.98 Å². The molecule has 2 aromatic rings. The van der Waals surface area contributed by atoms with Crippen LogP contribution in [0.5, 0.6) is 0 Å². The molecule has 0 aliphatic carbocycles. The van der Waals surface area contributed by atoms with E-state index >= 15 is 0 Å². The van der Waals surface area contributed by atoms with E-state index in [1.54, 1.807) is 0 Å². The quantitative estimate of drug-likeness (QED) is 0.444. The molecule has 0 saturated carbocycles. The number of aromatic amines is 1. The lowest BCUT2D eigenvalue weighted by Crippen LogP contribution is -2.44. The second kappa shape index (κ2) is 5.63. The van der Waals surface area contributed by atoms with Crippen molar-refractivity contribution in [2.45, 2.75) is 0 Å². The fourth-order valence-electron chi connectivity index (χ4n) is 2.11. The third-order valence-corrected chi connectivity index (χ3v) is 7.86. The summed E-state index contributed by atoms with van der Waals surface area (Å²) in [7, 11) is 0. The number of H-pyrrole nitrogens is 1. The van der Waals surface area contributed by atoms with Gasteiger partial charge in [0.25, 0.3) is 0 Å². The summed E-state index contributed by atoms with van der Waals surface area (Å²) in [5, 5.41) is 3.34. The Kier molecular flexibility index (Phi) is 4.24. The van der Waals surface area contributed by atoms with Crippen LogP contribution in [0.3, 0.4) is 0 Å². The first-order chi connectivity index (χ1) is 9.09. The largest absolute Gasteiger partial charge is 0.340 e. The summed E-state index contributed by atoms with van der Waals surface area (Å²) in [5.41, 5.74) is 1.92. The van der Waals surface area contributed by atoms with E-state index in [0.717, 1.165) is 61.1 Å². The van der Waals surface area contributed by atoms with Gasteiger partial charge in [0.05, 0.1) is 14.5 Å². The van der Waals surface area contributed by atoms with Gasteiger partial charge in [0.1, 0.15) is 5.52 Å². The van der Waals surface area contributed by atoms with E-state index in [-0.39, 0.29) is 0 Å². The summed E-state index contributed by atoms with van der Waals surface area (Å²) in [6, 6.07) is 0. The van der Waals surface area contributed by atoms with Crippen molar-refractivity contribution in [2.75, 3.05) is 31.1 Å². The first-order valence-corrected chi connectivity index (χ1v) is 8.94. The summed E-state index contributed by atoms with van der Waals surface area (Å²) in [5.74, 6) is 0.919. The molecule has 19 heavy (non-hydrogen) atoms. The van der Waals surface area contributed by atoms with Crippen LogP contribution in [0.4, 0.5) is 5.95 Å². The smallest absolute Gasteiger partial charge is 0.203 e. The Morgan fingerprint density at radius 3 is 2.21 bits per heavy atom. The van der Waals surface area contributed by atoms with Crippen molar-refractivity contribution in [1.29, 1.82) is 0 Å². The van der Waals surface area contributed by atoms with Gasteiger partial charge in [-0.3, -0.25) is 0 Å². The molecule has 0 bridgehead atoms. The number of fused-ring (bicyclic) bond motifs is 1. The van der Waals surface area contributed by atoms with Crippen LogP contribution in [0.1, 0.15) is 0 Å². The summed E-state index contributed by atoms with van der Waals surface area (Å²) in [6.45, 7) is 3.92. The van der Waals surface area contributed by atoms with E-state index in [9.17, 15) is 0 Å². The molecule has 1 saturated heterocycles. The van der Waals surface area contributed by atoms with Gasteiger partial charge in [0.15, 0.2) is 0 Å². The molecule has 102 valence electrons. The fourth-order valence-corrected chi connectivity index (χ4v) is 4.40. The summed E-state index contributed by atoms with van der Waals surface area (Å²) in [4.78, 5) is 10.4. The number of hydrogen-bond donors (Lipinski definition) is 2. The van der Waals surface area contributed by atoms with Gasteiger partial charge in [-0.25, -0.2) is 4.98 Å². The van der Waals surface area contributed by atoms with E-state index < -0.39 is 0 Å². The third-order valence-electron chi connectivity index (χ3n) is 3.11. The highest BCUT2D eigenvalue weighted by Crippen LogP contribution is 2.43. The Bertz CT molecular complexity index is 588. The highest BCUT2D eigenvalue weighted by Gasteiger charge is 2.20. The maximum absolute atomic E-state index is 4.71. The van der Waals surface area contributed by atoms with Crippen LogP contribution in [0.15, 0.2) is 17.9 Å². The van der Waals surface area contributed by atoms with Crippen molar-refractivity contribution in [3.05, 3.63) is 17.9 Å². The van der Waals surface area contributed by atoms with Crippen molar-refractivity contribution >= 4 is 80.7 Å². The van der Waals surface area contributed by atoms with E-state index in [1.807, 2.05) is 0 Å². The topological polar surface area (TPSA) is 44.0 Å². The Morgan fingerprint density at radius 1 is 0.895 bits per heavy atom. The molecule has 0 radical (unpaired) electrons. The highest BCUT2D eigenvalue weighted by atomic mass is 79.9. The lowest BCUT2D eigenvalue weighted by atomic mass is 10.3. The predicted molar refractivity (Wildman–Crippen MR) is 92.0 cm³/mol. The molecule has 1 fully saturated rings. The SMILES string of the molecule is Brc1c(Br)c(Br)c2[nH]c(N3CCNCC3)nc2c1Br. The van der Waals surface area contributed by atoms with Gasteiger partial charge in [0, 0.05) is 35.1 Å². The highest BCUT2D eigenvalue weighted by molar-refractivity contribution is 9.15. The number of imidazole rings is 1. The summed E-state index contributed by atoms with van der Waals surface area (Å²) in [6.07, 6.45) is 0. The van der Waals surface area contributed by atoms with Crippen molar-refractivity contribution in [3.63, 3.8) is 0 Å². The molecule has 1 aromatic carbocycles. The molecular weight excluding hydrogens is 508 g/mol. The number of halogens is 4. The molecule has 4 nitrogen and oxygen atoms in total. The molecule has 0 spiro atoms. The van der Waals surface area contributed by atoms with E-state index in [1.165, 1.54) is 0 Å². The van der Waals surface area contributed by atoms with Crippen LogP contribution >= 0.6 is 63.7 Å². The molecular formula is C11H10Br4N4.